The largest absolute Gasteiger partial charge is 0.300 e. The Labute approximate surface area is 112 Å². The number of carbonyl (C=O) groups excluding carboxylic acids is 1. The van der Waals surface area contributed by atoms with Crippen LogP contribution in [0.5, 0.6) is 0 Å². The normalized spacial score (nSPS) is 10.7. The standard InChI is InChI=1S/C10H4F5N3OS/c11-5-3(6(12)8(14)9(15)7(5)13)1-4(19)17-10-18-16-2-20-10/h2H,1H2,(H,17,18,19). The van der Waals surface area contributed by atoms with Crippen molar-refractivity contribution in [3.05, 3.63) is 40.2 Å². The first-order chi connectivity index (χ1) is 9.41. The number of benzene rings is 1. The van der Waals surface area contributed by atoms with Gasteiger partial charge in [0.2, 0.25) is 16.9 Å². The van der Waals surface area contributed by atoms with Gasteiger partial charge in [-0.05, 0) is 0 Å². The second-order valence-electron chi connectivity index (χ2n) is 3.52. The molecule has 0 saturated carbocycles. The third-order valence-corrected chi connectivity index (χ3v) is 2.85. The van der Waals surface area contributed by atoms with Gasteiger partial charge in [-0.2, -0.15) is 0 Å². The van der Waals surface area contributed by atoms with Crippen LogP contribution in [0.15, 0.2) is 5.51 Å². The molecule has 1 amide bonds. The van der Waals surface area contributed by atoms with Gasteiger partial charge in [0.25, 0.3) is 0 Å². The zero-order valence-electron chi connectivity index (χ0n) is 9.39. The fourth-order valence-electron chi connectivity index (χ4n) is 1.36. The molecular formula is C10H4F5N3OS. The first-order valence-corrected chi connectivity index (χ1v) is 5.86. The number of nitrogens with one attached hydrogen (secondary N) is 1. The number of anilines is 1. The summed E-state index contributed by atoms with van der Waals surface area (Å²) in [5.41, 5.74) is 0.0806. The zero-order chi connectivity index (χ0) is 14.9. The lowest BCUT2D eigenvalue weighted by Crippen LogP contribution is -2.18. The average Bonchev–Trinajstić information content (AvgIpc) is 2.92. The van der Waals surface area contributed by atoms with Gasteiger partial charge in [0.1, 0.15) is 5.51 Å². The average molecular weight is 309 g/mol. The van der Waals surface area contributed by atoms with Gasteiger partial charge in [0, 0.05) is 5.56 Å². The van der Waals surface area contributed by atoms with Crippen LogP contribution >= 0.6 is 11.3 Å². The molecule has 4 nitrogen and oxygen atoms in total. The van der Waals surface area contributed by atoms with Gasteiger partial charge in [-0.3, -0.25) is 4.79 Å². The van der Waals surface area contributed by atoms with Crippen LogP contribution in [0, 0.1) is 29.1 Å². The maximum Gasteiger partial charge on any atom is 0.230 e. The molecule has 0 unspecified atom stereocenters. The molecule has 0 aliphatic carbocycles. The van der Waals surface area contributed by atoms with Crippen molar-refractivity contribution in [3.8, 4) is 0 Å². The van der Waals surface area contributed by atoms with Crippen molar-refractivity contribution in [1.29, 1.82) is 0 Å². The van der Waals surface area contributed by atoms with Gasteiger partial charge in [-0.1, -0.05) is 11.3 Å². The van der Waals surface area contributed by atoms with Crippen molar-refractivity contribution >= 4 is 22.4 Å². The number of amides is 1. The molecule has 2 rings (SSSR count). The molecule has 106 valence electrons. The van der Waals surface area contributed by atoms with Crippen LogP contribution in [0.1, 0.15) is 5.56 Å². The molecule has 0 fully saturated rings. The highest BCUT2D eigenvalue weighted by atomic mass is 32.1. The van der Waals surface area contributed by atoms with E-state index in [4.69, 9.17) is 0 Å². The SMILES string of the molecule is O=C(Cc1c(F)c(F)c(F)c(F)c1F)Nc1nncs1. The Hall–Kier alpha value is -2.10. The lowest BCUT2D eigenvalue weighted by Gasteiger charge is -2.07. The molecule has 1 aromatic heterocycles. The van der Waals surface area contributed by atoms with Crippen molar-refractivity contribution in [2.24, 2.45) is 0 Å². The Balaban J connectivity index is 2.27. The molecule has 0 saturated heterocycles. The third kappa shape index (κ3) is 2.59. The second kappa shape index (κ2) is 5.49. The first kappa shape index (κ1) is 14.3. The predicted molar refractivity (Wildman–Crippen MR) is 58.5 cm³/mol. The van der Waals surface area contributed by atoms with Crippen LogP contribution in [0.4, 0.5) is 27.1 Å². The number of carbonyl (C=O) groups is 1. The highest BCUT2D eigenvalue weighted by Crippen LogP contribution is 2.23. The molecule has 0 atom stereocenters. The molecule has 1 aromatic carbocycles. The Kier molecular flexibility index (Phi) is 3.93. The van der Waals surface area contributed by atoms with E-state index in [9.17, 15) is 26.7 Å². The van der Waals surface area contributed by atoms with Gasteiger partial charge in [0.05, 0.1) is 6.42 Å². The van der Waals surface area contributed by atoms with E-state index < -0.39 is 47.0 Å². The molecule has 0 aliphatic heterocycles. The maximum absolute atomic E-state index is 13.3. The molecule has 10 heteroatoms. The molecule has 1 heterocycles. The fraction of sp³-hybridized carbons (Fsp3) is 0.100. The van der Waals surface area contributed by atoms with E-state index in [2.05, 4.69) is 15.5 Å². The van der Waals surface area contributed by atoms with Crippen molar-refractivity contribution in [2.75, 3.05) is 5.32 Å². The van der Waals surface area contributed by atoms with Crippen molar-refractivity contribution in [2.45, 2.75) is 6.42 Å². The highest BCUT2D eigenvalue weighted by Gasteiger charge is 2.26. The Morgan fingerprint density at radius 2 is 1.60 bits per heavy atom. The van der Waals surface area contributed by atoms with E-state index in [1.54, 1.807) is 0 Å². The highest BCUT2D eigenvalue weighted by molar-refractivity contribution is 7.13. The van der Waals surface area contributed by atoms with E-state index in [1.807, 2.05) is 0 Å². The van der Waals surface area contributed by atoms with Crippen LogP contribution in [0.3, 0.4) is 0 Å². The topological polar surface area (TPSA) is 54.9 Å². The van der Waals surface area contributed by atoms with Crippen LogP contribution in [-0.2, 0) is 11.2 Å². The van der Waals surface area contributed by atoms with Gasteiger partial charge >= 0.3 is 0 Å². The summed E-state index contributed by atoms with van der Waals surface area (Å²) >= 11 is 0.929. The van der Waals surface area contributed by atoms with Gasteiger partial charge in [-0.15, -0.1) is 10.2 Å². The summed E-state index contributed by atoms with van der Waals surface area (Å²) in [4.78, 5) is 11.4. The van der Waals surface area contributed by atoms with Crippen LogP contribution in [0.2, 0.25) is 0 Å². The van der Waals surface area contributed by atoms with Crippen LogP contribution in [0.25, 0.3) is 0 Å². The summed E-state index contributed by atoms with van der Waals surface area (Å²) in [6.07, 6.45) is -1.02. The van der Waals surface area contributed by atoms with Crippen molar-refractivity contribution in [1.82, 2.24) is 10.2 Å². The predicted octanol–water partition coefficient (Wildman–Crippen LogP) is 2.41. The van der Waals surface area contributed by atoms with E-state index in [0.29, 0.717) is 0 Å². The number of halogens is 5. The van der Waals surface area contributed by atoms with Crippen LogP contribution in [-0.4, -0.2) is 16.1 Å². The Morgan fingerprint density at radius 3 is 2.10 bits per heavy atom. The van der Waals surface area contributed by atoms with Gasteiger partial charge in [0.15, 0.2) is 23.3 Å². The monoisotopic (exact) mass is 309 g/mol. The number of rotatable bonds is 3. The minimum Gasteiger partial charge on any atom is -0.300 e. The first-order valence-electron chi connectivity index (χ1n) is 4.98. The smallest absolute Gasteiger partial charge is 0.230 e. The lowest BCUT2D eigenvalue weighted by atomic mass is 10.1. The summed E-state index contributed by atoms with van der Waals surface area (Å²) < 4.78 is 65.3. The fourth-order valence-corrected chi connectivity index (χ4v) is 1.82. The summed E-state index contributed by atoms with van der Waals surface area (Å²) in [5.74, 6) is -11.5. The summed E-state index contributed by atoms with van der Waals surface area (Å²) in [5, 5.41) is 8.98. The second-order valence-corrected chi connectivity index (χ2v) is 4.35. The summed E-state index contributed by atoms with van der Waals surface area (Å²) in [7, 11) is 0. The van der Waals surface area contributed by atoms with Crippen molar-refractivity contribution in [3.63, 3.8) is 0 Å². The minimum absolute atomic E-state index is 0.0406. The number of nitrogens with zero attached hydrogens (tertiary/aromatic N) is 2. The molecule has 2 aromatic rings. The number of aromatic nitrogens is 2. The summed E-state index contributed by atoms with van der Waals surface area (Å²) in [6, 6.07) is 0. The Morgan fingerprint density at radius 1 is 1.05 bits per heavy atom. The van der Waals surface area contributed by atoms with E-state index in [1.165, 1.54) is 5.51 Å². The number of hydrogen-bond acceptors (Lipinski definition) is 4. The molecule has 20 heavy (non-hydrogen) atoms. The van der Waals surface area contributed by atoms with Gasteiger partial charge < -0.3 is 5.32 Å². The van der Waals surface area contributed by atoms with E-state index in [-0.39, 0.29) is 5.13 Å². The molecule has 1 N–H and O–H groups in total. The van der Waals surface area contributed by atoms with Crippen molar-refractivity contribution < 1.29 is 26.7 Å². The number of hydrogen-bond donors (Lipinski definition) is 1. The molecule has 0 spiro atoms. The minimum atomic E-state index is -2.27. The summed E-state index contributed by atoms with van der Waals surface area (Å²) in [6.45, 7) is 0. The quantitative estimate of drug-likeness (QED) is 0.538. The molecule has 0 aliphatic rings. The molecule has 0 radical (unpaired) electrons. The Bertz CT molecular complexity index is 632. The molecule has 0 bridgehead atoms. The third-order valence-electron chi connectivity index (χ3n) is 2.24. The molecular weight excluding hydrogens is 305 g/mol. The van der Waals surface area contributed by atoms with E-state index >= 15 is 0 Å². The maximum atomic E-state index is 13.3. The van der Waals surface area contributed by atoms with E-state index in [0.717, 1.165) is 11.3 Å². The zero-order valence-corrected chi connectivity index (χ0v) is 10.2. The lowest BCUT2D eigenvalue weighted by molar-refractivity contribution is -0.115. The van der Waals surface area contributed by atoms with Gasteiger partial charge in [-0.25, -0.2) is 22.0 Å². The van der Waals surface area contributed by atoms with Crippen LogP contribution < -0.4 is 5.32 Å².